The molecule has 0 saturated heterocycles. The number of para-hydroxylation sites is 1. The largest absolute Gasteiger partial charge is 0.395 e. The van der Waals surface area contributed by atoms with E-state index in [4.69, 9.17) is 0 Å². The van der Waals surface area contributed by atoms with Crippen molar-refractivity contribution >= 4 is 16.8 Å². The van der Waals surface area contributed by atoms with Crippen LogP contribution in [0.15, 0.2) is 47.8 Å². The van der Waals surface area contributed by atoms with E-state index < -0.39 is 6.04 Å². The number of aliphatic hydroxyl groups is 1. The first-order valence-electron chi connectivity index (χ1n) is 9.25. The highest BCUT2D eigenvalue weighted by Gasteiger charge is 2.30. The minimum absolute atomic E-state index is 0.143. The first kappa shape index (κ1) is 19.8. The number of carbonyl (C=O) groups excluding carboxylic acids is 1. The Labute approximate surface area is 163 Å². The highest BCUT2D eigenvalue weighted by molar-refractivity contribution is 5.82. The molecule has 1 unspecified atom stereocenters. The van der Waals surface area contributed by atoms with E-state index in [1.807, 2.05) is 31.5 Å². The van der Waals surface area contributed by atoms with Gasteiger partial charge in [-0.2, -0.15) is 0 Å². The van der Waals surface area contributed by atoms with Crippen LogP contribution in [0.25, 0.3) is 10.9 Å². The first-order valence-corrected chi connectivity index (χ1v) is 9.25. The average molecular weight is 383 g/mol. The molecule has 3 aromatic rings. The fraction of sp³-hybridized carbons (Fsp3) is 0.400. The summed E-state index contributed by atoms with van der Waals surface area (Å²) in [7, 11) is 1.85. The van der Waals surface area contributed by atoms with Crippen LogP contribution in [-0.4, -0.2) is 48.2 Å². The summed E-state index contributed by atoms with van der Waals surface area (Å²) in [4.78, 5) is 36.6. The number of hydrogen-bond acceptors (Lipinski definition) is 5. The fourth-order valence-corrected chi connectivity index (χ4v) is 3.30. The van der Waals surface area contributed by atoms with Crippen molar-refractivity contribution in [1.82, 2.24) is 24.0 Å². The van der Waals surface area contributed by atoms with Crippen molar-refractivity contribution in [3.8, 4) is 0 Å². The minimum Gasteiger partial charge on any atom is -0.395 e. The van der Waals surface area contributed by atoms with Crippen molar-refractivity contribution in [1.29, 1.82) is 0 Å². The molecule has 28 heavy (non-hydrogen) atoms. The summed E-state index contributed by atoms with van der Waals surface area (Å²) in [6.07, 6.45) is 4.90. The molecule has 0 bridgehead atoms. The van der Waals surface area contributed by atoms with E-state index in [1.165, 1.54) is 15.8 Å². The van der Waals surface area contributed by atoms with Gasteiger partial charge in [-0.3, -0.25) is 14.2 Å². The second-order valence-electron chi connectivity index (χ2n) is 7.10. The number of imidazole rings is 1. The number of fused-ring (bicyclic) bond motifs is 1. The molecule has 0 spiro atoms. The number of amides is 1. The molecule has 1 amide bonds. The summed E-state index contributed by atoms with van der Waals surface area (Å²) in [5.41, 5.74) is 0.345. The lowest BCUT2D eigenvalue weighted by atomic mass is 10.0. The van der Waals surface area contributed by atoms with E-state index in [9.17, 15) is 14.7 Å². The Balaban J connectivity index is 2.00. The van der Waals surface area contributed by atoms with Gasteiger partial charge in [0.2, 0.25) is 5.91 Å². The summed E-state index contributed by atoms with van der Waals surface area (Å²) >= 11 is 0. The summed E-state index contributed by atoms with van der Waals surface area (Å²) in [5, 5.41) is 9.94. The lowest BCUT2D eigenvalue weighted by molar-refractivity contribution is -0.137. The van der Waals surface area contributed by atoms with Crippen molar-refractivity contribution in [3.63, 3.8) is 0 Å². The Kier molecular flexibility index (Phi) is 5.89. The number of nitrogens with zero attached hydrogens (tertiary/aromatic N) is 5. The van der Waals surface area contributed by atoms with Gasteiger partial charge in [0.15, 0.2) is 0 Å². The molecule has 148 valence electrons. The standard InChI is InChI=1S/C20H25N5O3/c1-14(2)18(25-13-22-16-7-5-4-6-15(16)19(25)27)20(28)24(10-11-26)12-17-21-8-9-23(17)3/h4-9,13-14,18,26H,10-12H2,1-3H3. The van der Waals surface area contributed by atoms with Crippen LogP contribution in [0.3, 0.4) is 0 Å². The molecule has 1 atom stereocenters. The molecular weight excluding hydrogens is 358 g/mol. The van der Waals surface area contributed by atoms with Crippen LogP contribution in [0.1, 0.15) is 25.7 Å². The van der Waals surface area contributed by atoms with E-state index in [0.29, 0.717) is 16.7 Å². The number of aliphatic hydroxyl groups excluding tert-OH is 1. The SMILES string of the molecule is CC(C)C(C(=O)N(CCO)Cc1nccn1C)n1cnc2ccccc2c1=O. The highest BCUT2D eigenvalue weighted by atomic mass is 16.3. The lowest BCUT2D eigenvalue weighted by Gasteiger charge is -2.29. The van der Waals surface area contributed by atoms with Gasteiger partial charge in [-0.15, -0.1) is 0 Å². The van der Waals surface area contributed by atoms with Gasteiger partial charge in [0.05, 0.1) is 30.4 Å². The van der Waals surface area contributed by atoms with Gasteiger partial charge in [0.25, 0.3) is 5.56 Å². The summed E-state index contributed by atoms with van der Waals surface area (Å²) in [6, 6.07) is 6.35. The maximum atomic E-state index is 13.4. The predicted octanol–water partition coefficient (Wildman–Crippen LogP) is 1.35. The zero-order valence-electron chi connectivity index (χ0n) is 16.3. The third-order valence-corrected chi connectivity index (χ3v) is 4.81. The van der Waals surface area contributed by atoms with E-state index in [-0.39, 0.29) is 37.1 Å². The lowest BCUT2D eigenvalue weighted by Crippen LogP contribution is -2.43. The second kappa shape index (κ2) is 8.35. The minimum atomic E-state index is -0.726. The van der Waals surface area contributed by atoms with Gasteiger partial charge in [0, 0.05) is 26.0 Å². The summed E-state index contributed by atoms with van der Waals surface area (Å²) in [5.74, 6) is 0.315. The average Bonchev–Trinajstić information content (AvgIpc) is 3.08. The molecule has 1 N–H and O–H groups in total. The number of hydrogen-bond donors (Lipinski definition) is 1. The molecule has 2 heterocycles. The molecule has 0 fully saturated rings. The van der Waals surface area contributed by atoms with Crippen LogP contribution >= 0.6 is 0 Å². The molecule has 3 rings (SSSR count). The van der Waals surface area contributed by atoms with E-state index in [1.54, 1.807) is 30.6 Å². The van der Waals surface area contributed by atoms with Gasteiger partial charge in [0.1, 0.15) is 11.9 Å². The Morgan fingerprint density at radius 2 is 2.00 bits per heavy atom. The van der Waals surface area contributed by atoms with Crippen LogP contribution < -0.4 is 5.56 Å². The third kappa shape index (κ3) is 3.82. The quantitative estimate of drug-likeness (QED) is 0.665. The second-order valence-corrected chi connectivity index (χ2v) is 7.10. The molecule has 1 aromatic carbocycles. The number of aromatic nitrogens is 4. The zero-order valence-corrected chi connectivity index (χ0v) is 16.3. The number of aryl methyl sites for hydroxylation is 1. The van der Waals surface area contributed by atoms with Crippen LogP contribution in [0, 0.1) is 5.92 Å². The fourth-order valence-electron chi connectivity index (χ4n) is 3.30. The molecule has 0 radical (unpaired) electrons. The van der Waals surface area contributed by atoms with E-state index >= 15 is 0 Å². The van der Waals surface area contributed by atoms with Gasteiger partial charge >= 0.3 is 0 Å². The maximum absolute atomic E-state index is 13.4. The van der Waals surface area contributed by atoms with Gasteiger partial charge < -0.3 is 14.6 Å². The monoisotopic (exact) mass is 383 g/mol. The number of benzene rings is 1. The normalized spacial score (nSPS) is 12.5. The maximum Gasteiger partial charge on any atom is 0.261 e. The molecule has 0 saturated carbocycles. The third-order valence-electron chi connectivity index (χ3n) is 4.81. The van der Waals surface area contributed by atoms with Crippen LogP contribution in [-0.2, 0) is 18.4 Å². The molecule has 0 aliphatic rings. The van der Waals surface area contributed by atoms with E-state index in [2.05, 4.69) is 9.97 Å². The molecule has 0 aliphatic heterocycles. The van der Waals surface area contributed by atoms with Gasteiger partial charge in [-0.25, -0.2) is 9.97 Å². The smallest absolute Gasteiger partial charge is 0.261 e. The van der Waals surface area contributed by atoms with Gasteiger partial charge in [-0.1, -0.05) is 26.0 Å². The molecule has 8 heteroatoms. The highest BCUT2D eigenvalue weighted by Crippen LogP contribution is 2.21. The first-order chi connectivity index (χ1) is 13.4. The van der Waals surface area contributed by atoms with Crippen molar-refractivity contribution in [3.05, 3.63) is 59.2 Å². The predicted molar refractivity (Wildman–Crippen MR) is 106 cm³/mol. The Bertz CT molecular complexity index is 1020. The number of rotatable bonds is 7. The Morgan fingerprint density at radius 3 is 2.64 bits per heavy atom. The zero-order chi connectivity index (χ0) is 20.3. The number of carbonyl (C=O) groups is 1. The molecule has 8 nitrogen and oxygen atoms in total. The molecule has 2 aromatic heterocycles. The van der Waals surface area contributed by atoms with Crippen molar-refractivity contribution in [2.75, 3.05) is 13.2 Å². The summed E-state index contributed by atoms with van der Waals surface area (Å²) < 4.78 is 3.23. The van der Waals surface area contributed by atoms with Gasteiger partial charge in [-0.05, 0) is 18.1 Å². The molecular formula is C20H25N5O3. The topological polar surface area (TPSA) is 93.2 Å². The van der Waals surface area contributed by atoms with Crippen LogP contribution in [0.2, 0.25) is 0 Å². The van der Waals surface area contributed by atoms with E-state index in [0.717, 1.165) is 0 Å². The van der Waals surface area contributed by atoms with Crippen molar-refractivity contribution in [2.24, 2.45) is 13.0 Å². The van der Waals surface area contributed by atoms with Crippen LogP contribution in [0.5, 0.6) is 0 Å². The van der Waals surface area contributed by atoms with Crippen molar-refractivity contribution in [2.45, 2.75) is 26.4 Å². The Morgan fingerprint density at radius 1 is 1.25 bits per heavy atom. The summed E-state index contributed by atoms with van der Waals surface area (Å²) in [6.45, 7) is 4.02. The Hall–Kier alpha value is -3.00. The van der Waals surface area contributed by atoms with Crippen molar-refractivity contribution < 1.29 is 9.90 Å². The van der Waals surface area contributed by atoms with Crippen LogP contribution in [0.4, 0.5) is 0 Å². The molecule has 0 aliphatic carbocycles.